The van der Waals surface area contributed by atoms with E-state index in [4.69, 9.17) is 24.4 Å². The SMILES string of the molecule is OCCOCCOC(CO)C1CCO1. The Morgan fingerprint density at radius 3 is 2.57 bits per heavy atom. The molecule has 0 bridgehead atoms. The molecule has 0 aromatic heterocycles. The van der Waals surface area contributed by atoms with Crippen molar-refractivity contribution in [3.63, 3.8) is 0 Å². The molecule has 0 aromatic carbocycles. The van der Waals surface area contributed by atoms with Crippen LogP contribution in [0.25, 0.3) is 0 Å². The molecule has 1 aliphatic rings. The minimum Gasteiger partial charge on any atom is -0.394 e. The Morgan fingerprint density at radius 2 is 2.07 bits per heavy atom. The van der Waals surface area contributed by atoms with Gasteiger partial charge in [0.25, 0.3) is 0 Å². The van der Waals surface area contributed by atoms with Gasteiger partial charge in [0.2, 0.25) is 0 Å². The summed E-state index contributed by atoms with van der Waals surface area (Å²) in [7, 11) is 0. The van der Waals surface area contributed by atoms with Crippen molar-refractivity contribution in [1.82, 2.24) is 0 Å². The first-order chi connectivity index (χ1) is 6.88. The fourth-order valence-corrected chi connectivity index (χ4v) is 1.25. The van der Waals surface area contributed by atoms with Gasteiger partial charge in [0, 0.05) is 6.61 Å². The summed E-state index contributed by atoms with van der Waals surface area (Å²) < 4.78 is 15.6. The Bertz CT molecular complexity index is 137. The molecule has 1 rings (SSSR count). The zero-order valence-electron chi connectivity index (χ0n) is 8.22. The molecule has 5 nitrogen and oxygen atoms in total. The van der Waals surface area contributed by atoms with E-state index in [1.54, 1.807) is 0 Å². The first-order valence-corrected chi connectivity index (χ1v) is 4.91. The lowest BCUT2D eigenvalue weighted by molar-refractivity contribution is -0.154. The molecule has 0 radical (unpaired) electrons. The third kappa shape index (κ3) is 3.89. The summed E-state index contributed by atoms with van der Waals surface area (Å²) in [6.45, 7) is 1.94. The summed E-state index contributed by atoms with van der Waals surface area (Å²) >= 11 is 0. The van der Waals surface area contributed by atoms with Gasteiger partial charge in [-0.3, -0.25) is 0 Å². The van der Waals surface area contributed by atoms with E-state index in [1.165, 1.54) is 0 Å². The third-order valence-corrected chi connectivity index (χ3v) is 2.12. The van der Waals surface area contributed by atoms with Crippen LogP contribution in [0.15, 0.2) is 0 Å². The van der Waals surface area contributed by atoms with Crippen molar-refractivity contribution in [2.24, 2.45) is 0 Å². The van der Waals surface area contributed by atoms with E-state index in [1.807, 2.05) is 0 Å². The van der Waals surface area contributed by atoms with Crippen molar-refractivity contribution >= 4 is 0 Å². The van der Waals surface area contributed by atoms with Crippen LogP contribution in [0.3, 0.4) is 0 Å². The molecule has 0 saturated carbocycles. The molecule has 2 N–H and O–H groups in total. The van der Waals surface area contributed by atoms with Gasteiger partial charge in [-0.2, -0.15) is 0 Å². The molecule has 2 unspecified atom stereocenters. The van der Waals surface area contributed by atoms with Crippen LogP contribution in [0.4, 0.5) is 0 Å². The first-order valence-electron chi connectivity index (χ1n) is 4.91. The summed E-state index contributed by atoms with van der Waals surface area (Å²) in [5.41, 5.74) is 0. The van der Waals surface area contributed by atoms with E-state index >= 15 is 0 Å². The van der Waals surface area contributed by atoms with Crippen molar-refractivity contribution in [1.29, 1.82) is 0 Å². The van der Waals surface area contributed by atoms with Gasteiger partial charge in [-0.05, 0) is 6.42 Å². The van der Waals surface area contributed by atoms with Crippen LogP contribution in [0.2, 0.25) is 0 Å². The summed E-state index contributed by atoms with van der Waals surface area (Å²) in [6, 6.07) is 0. The summed E-state index contributed by atoms with van der Waals surface area (Å²) in [5, 5.41) is 17.4. The average molecular weight is 206 g/mol. The Kier molecular flexibility index (Phi) is 6.05. The molecule has 1 fully saturated rings. The fraction of sp³-hybridized carbons (Fsp3) is 1.00. The molecule has 5 heteroatoms. The number of aliphatic hydroxyl groups excluding tert-OH is 2. The van der Waals surface area contributed by atoms with Gasteiger partial charge in [0.05, 0.1) is 39.1 Å². The van der Waals surface area contributed by atoms with Crippen LogP contribution in [0, 0.1) is 0 Å². The van der Waals surface area contributed by atoms with Crippen LogP contribution in [0.1, 0.15) is 6.42 Å². The average Bonchev–Trinajstić information content (AvgIpc) is 2.12. The second-order valence-electron chi connectivity index (χ2n) is 3.13. The maximum absolute atomic E-state index is 8.98. The van der Waals surface area contributed by atoms with Crippen LogP contribution in [-0.4, -0.2) is 62.1 Å². The second-order valence-corrected chi connectivity index (χ2v) is 3.13. The van der Waals surface area contributed by atoms with Crippen molar-refractivity contribution in [3.05, 3.63) is 0 Å². The molecule has 0 aliphatic carbocycles. The zero-order valence-corrected chi connectivity index (χ0v) is 8.22. The van der Waals surface area contributed by atoms with Gasteiger partial charge >= 0.3 is 0 Å². The number of hydrogen-bond donors (Lipinski definition) is 2. The zero-order chi connectivity index (χ0) is 10.2. The highest BCUT2D eigenvalue weighted by Gasteiger charge is 2.28. The number of hydrogen-bond acceptors (Lipinski definition) is 5. The quantitative estimate of drug-likeness (QED) is 0.507. The van der Waals surface area contributed by atoms with Crippen molar-refractivity contribution in [2.45, 2.75) is 18.6 Å². The predicted octanol–water partition coefficient (Wildman–Crippen LogP) is -0.838. The monoisotopic (exact) mass is 206 g/mol. The highest BCUT2D eigenvalue weighted by atomic mass is 16.6. The van der Waals surface area contributed by atoms with E-state index in [0.29, 0.717) is 19.8 Å². The Labute approximate surface area is 83.6 Å². The van der Waals surface area contributed by atoms with Gasteiger partial charge in [-0.1, -0.05) is 0 Å². The minimum absolute atomic E-state index is 0.0230. The fourth-order valence-electron chi connectivity index (χ4n) is 1.25. The molecule has 0 aromatic rings. The highest BCUT2D eigenvalue weighted by Crippen LogP contribution is 2.17. The lowest BCUT2D eigenvalue weighted by atomic mass is 10.1. The van der Waals surface area contributed by atoms with Gasteiger partial charge < -0.3 is 24.4 Å². The van der Waals surface area contributed by atoms with E-state index in [0.717, 1.165) is 13.0 Å². The van der Waals surface area contributed by atoms with Crippen molar-refractivity contribution in [2.75, 3.05) is 39.6 Å². The smallest absolute Gasteiger partial charge is 0.107 e. The van der Waals surface area contributed by atoms with Crippen LogP contribution < -0.4 is 0 Å². The lowest BCUT2D eigenvalue weighted by Gasteiger charge is -2.32. The summed E-state index contributed by atoms with van der Waals surface area (Å²) in [6.07, 6.45) is 0.752. The van der Waals surface area contributed by atoms with Crippen LogP contribution in [0.5, 0.6) is 0 Å². The van der Waals surface area contributed by atoms with Crippen LogP contribution >= 0.6 is 0 Å². The number of ether oxygens (including phenoxy) is 3. The predicted molar refractivity (Wildman–Crippen MR) is 49.1 cm³/mol. The summed E-state index contributed by atoms with van der Waals surface area (Å²) in [5.74, 6) is 0. The molecule has 1 saturated heterocycles. The minimum atomic E-state index is -0.235. The van der Waals surface area contributed by atoms with Gasteiger partial charge in [-0.15, -0.1) is 0 Å². The standard InChI is InChI=1S/C9H18O5/c10-2-4-12-5-6-14-9(7-11)8-1-3-13-8/h8-11H,1-7H2. The molecule has 1 heterocycles. The van der Waals surface area contributed by atoms with Crippen molar-refractivity contribution < 1.29 is 24.4 Å². The lowest BCUT2D eigenvalue weighted by Crippen LogP contribution is -2.42. The first kappa shape index (κ1) is 11.9. The van der Waals surface area contributed by atoms with E-state index in [2.05, 4.69) is 0 Å². The third-order valence-electron chi connectivity index (χ3n) is 2.12. The molecule has 1 aliphatic heterocycles. The van der Waals surface area contributed by atoms with Gasteiger partial charge in [0.1, 0.15) is 6.10 Å². The molecule has 0 amide bonds. The number of aliphatic hydroxyl groups is 2. The second kappa shape index (κ2) is 7.14. The normalized spacial score (nSPS) is 23.1. The van der Waals surface area contributed by atoms with Gasteiger partial charge in [-0.25, -0.2) is 0 Å². The Morgan fingerprint density at radius 1 is 1.29 bits per heavy atom. The summed E-state index contributed by atoms with van der Waals surface area (Å²) in [4.78, 5) is 0. The van der Waals surface area contributed by atoms with Crippen molar-refractivity contribution in [3.8, 4) is 0 Å². The van der Waals surface area contributed by atoms with E-state index in [9.17, 15) is 0 Å². The molecular weight excluding hydrogens is 188 g/mol. The highest BCUT2D eigenvalue weighted by molar-refractivity contribution is 4.76. The van der Waals surface area contributed by atoms with Gasteiger partial charge in [0.15, 0.2) is 0 Å². The molecular formula is C9H18O5. The largest absolute Gasteiger partial charge is 0.394 e. The maximum atomic E-state index is 8.98. The van der Waals surface area contributed by atoms with E-state index < -0.39 is 0 Å². The Hall–Kier alpha value is -0.200. The molecule has 2 atom stereocenters. The topological polar surface area (TPSA) is 68.2 Å². The molecule has 0 spiro atoms. The van der Waals surface area contributed by atoms with E-state index in [-0.39, 0.29) is 25.4 Å². The van der Waals surface area contributed by atoms with Crippen LogP contribution in [-0.2, 0) is 14.2 Å². The molecule has 84 valence electrons. The number of rotatable bonds is 8. The maximum Gasteiger partial charge on any atom is 0.107 e. The Balaban J connectivity index is 1.97. The molecule has 14 heavy (non-hydrogen) atoms.